The van der Waals surface area contributed by atoms with Gasteiger partial charge in [-0.1, -0.05) is 36.4 Å². The molecule has 0 bridgehead atoms. The number of carbonyl (C=O) groups excluding carboxylic acids is 1. The fraction of sp³-hybridized carbons (Fsp3) is 0.350. The number of esters is 1. The third-order valence-electron chi connectivity index (χ3n) is 5.03. The predicted octanol–water partition coefficient (Wildman–Crippen LogP) is 3.05. The van der Waals surface area contributed by atoms with E-state index in [-0.39, 0.29) is 18.1 Å². The van der Waals surface area contributed by atoms with E-state index in [0.29, 0.717) is 6.61 Å². The number of ether oxygens (including phenoxy) is 1. The molecule has 6 nitrogen and oxygen atoms in total. The summed E-state index contributed by atoms with van der Waals surface area (Å²) < 4.78 is 7.54. The molecule has 0 saturated carbocycles. The normalized spacial score (nSPS) is 21.8. The highest BCUT2D eigenvalue weighted by atomic mass is 16.5. The van der Waals surface area contributed by atoms with Crippen LogP contribution in [0.3, 0.4) is 0 Å². The maximum absolute atomic E-state index is 12.9. The molecule has 3 unspecified atom stereocenters. The molecule has 4 rings (SSSR count). The van der Waals surface area contributed by atoms with Crippen LogP contribution in [0.5, 0.6) is 0 Å². The minimum Gasteiger partial charge on any atom is -0.464 e. The third kappa shape index (κ3) is 2.53. The number of benzene rings is 1. The number of aromatic nitrogens is 3. The quantitative estimate of drug-likeness (QED) is 0.793. The van der Waals surface area contributed by atoms with E-state index in [4.69, 9.17) is 4.74 Å². The second kappa shape index (κ2) is 6.44. The minimum absolute atomic E-state index is 0.0202. The molecule has 0 amide bonds. The van der Waals surface area contributed by atoms with Crippen LogP contribution >= 0.6 is 0 Å². The first-order chi connectivity index (χ1) is 12.6. The van der Waals surface area contributed by atoms with Gasteiger partial charge < -0.3 is 14.2 Å². The Morgan fingerprint density at radius 1 is 1.19 bits per heavy atom. The summed E-state index contributed by atoms with van der Waals surface area (Å²) in [5.41, 5.74) is 1.98. The predicted molar refractivity (Wildman–Crippen MR) is 98.0 cm³/mol. The summed E-state index contributed by atoms with van der Waals surface area (Å²) in [5.74, 6) is 1.49. The summed E-state index contributed by atoms with van der Waals surface area (Å²) in [5, 5.41) is 8.42. The van der Waals surface area contributed by atoms with E-state index in [9.17, 15) is 4.79 Å². The summed E-state index contributed by atoms with van der Waals surface area (Å²) in [4.78, 5) is 15.0. The minimum atomic E-state index is -0.481. The van der Waals surface area contributed by atoms with Crippen molar-refractivity contribution in [1.29, 1.82) is 0 Å². The van der Waals surface area contributed by atoms with E-state index in [1.165, 1.54) is 0 Å². The molecule has 0 radical (unpaired) electrons. The lowest BCUT2D eigenvalue weighted by atomic mass is 10.0. The first-order valence-corrected chi connectivity index (χ1v) is 8.90. The second-order valence-corrected chi connectivity index (χ2v) is 6.60. The number of allylic oxidation sites excluding steroid dienone is 1. The van der Waals surface area contributed by atoms with Gasteiger partial charge in [0.15, 0.2) is 11.9 Å². The van der Waals surface area contributed by atoms with Crippen LogP contribution < -0.4 is 0 Å². The Hall–Kier alpha value is -2.89. The van der Waals surface area contributed by atoms with Gasteiger partial charge in [-0.05, 0) is 38.5 Å². The van der Waals surface area contributed by atoms with Crippen LogP contribution in [-0.2, 0) is 9.53 Å². The SMILES string of the molecule is CCOC(=O)C(c1ccccc1)N1C(C)=CC2C1C=Cc1nnc(C)n12. The molecule has 3 heterocycles. The van der Waals surface area contributed by atoms with Crippen LogP contribution in [0.2, 0.25) is 0 Å². The molecule has 0 spiro atoms. The van der Waals surface area contributed by atoms with Gasteiger partial charge >= 0.3 is 5.97 Å². The number of hydrogen-bond acceptors (Lipinski definition) is 5. The van der Waals surface area contributed by atoms with Crippen LogP contribution in [-0.4, -0.2) is 38.3 Å². The van der Waals surface area contributed by atoms with Crippen LogP contribution in [0, 0.1) is 6.92 Å². The topological polar surface area (TPSA) is 60.2 Å². The summed E-state index contributed by atoms with van der Waals surface area (Å²) in [6.45, 7) is 6.19. The fourth-order valence-electron chi connectivity index (χ4n) is 3.96. The van der Waals surface area contributed by atoms with Crippen molar-refractivity contribution >= 4 is 12.0 Å². The summed E-state index contributed by atoms with van der Waals surface area (Å²) >= 11 is 0. The Labute approximate surface area is 152 Å². The molecule has 0 fully saturated rings. The Morgan fingerprint density at radius 2 is 1.96 bits per heavy atom. The molecule has 0 saturated heterocycles. The van der Waals surface area contributed by atoms with Crippen molar-refractivity contribution in [1.82, 2.24) is 19.7 Å². The first-order valence-electron chi connectivity index (χ1n) is 8.90. The zero-order valence-corrected chi connectivity index (χ0v) is 15.2. The van der Waals surface area contributed by atoms with Gasteiger partial charge in [0.25, 0.3) is 0 Å². The molecular formula is C20H22N4O2. The van der Waals surface area contributed by atoms with Crippen molar-refractivity contribution in [2.24, 2.45) is 0 Å². The average Bonchev–Trinajstić information content (AvgIpc) is 3.17. The van der Waals surface area contributed by atoms with E-state index in [1.807, 2.05) is 57.2 Å². The molecule has 134 valence electrons. The second-order valence-electron chi connectivity index (χ2n) is 6.60. The Bertz CT molecular complexity index is 884. The highest BCUT2D eigenvalue weighted by Crippen LogP contribution is 2.42. The van der Waals surface area contributed by atoms with Gasteiger partial charge in [-0.25, -0.2) is 4.79 Å². The van der Waals surface area contributed by atoms with Crippen molar-refractivity contribution in [3.05, 3.63) is 65.4 Å². The average molecular weight is 350 g/mol. The highest BCUT2D eigenvalue weighted by Gasteiger charge is 2.42. The fourth-order valence-corrected chi connectivity index (χ4v) is 3.96. The Balaban J connectivity index is 1.77. The molecule has 6 heteroatoms. The van der Waals surface area contributed by atoms with Crippen molar-refractivity contribution < 1.29 is 9.53 Å². The van der Waals surface area contributed by atoms with Gasteiger partial charge in [0.05, 0.1) is 18.7 Å². The van der Waals surface area contributed by atoms with Crippen LogP contribution in [0.1, 0.15) is 43.1 Å². The van der Waals surface area contributed by atoms with E-state index in [0.717, 1.165) is 22.9 Å². The van der Waals surface area contributed by atoms with Gasteiger partial charge in [0.2, 0.25) is 0 Å². The van der Waals surface area contributed by atoms with E-state index in [2.05, 4.69) is 31.8 Å². The van der Waals surface area contributed by atoms with Gasteiger partial charge in [0.1, 0.15) is 5.82 Å². The summed E-state index contributed by atoms with van der Waals surface area (Å²) in [6, 6.07) is 9.42. The van der Waals surface area contributed by atoms with Gasteiger partial charge in [0, 0.05) is 5.70 Å². The summed E-state index contributed by atoms with van der Waals surface area (Å²) in [7, 11) is 0. The van der Waals surface area contributed by atoms with Gasteiger partial charge in [-0.3, -0.25) is 0 Å². The number of aryl methyl sites for hydroxylation is 1. The van der Waals surface area contributed by atoms with E-state index in [1.54, 1.807) is 0 Å². The molecule has 2 aliphatic rings. The van der Waals surface area contributed by atoms with E-state index < -0.39 is 6.04 Å². The van der Waals surface area contributed by atoms with Crippen LogP contribution in [0.15, 0.2) is 48.2 Å². The lowest BCUT2D eigenvalue weighted by Gasteiger charge is -2.37. The lowest BCUT2D eigenvalue weighted by Crippen LogP contribution is -2.41. The van der Waals surface area contributed by atoms with Gasteiger partial charge in [-0.15, -0.1) is 10.2 Å². The Morgan fingerprint density at radius 3 is 2.69 bits per heavy atom. The Kier molecular flexibility index (Phi) is 4.11. The molecule has 26 heavy (non-hydrogen) atoms. The summed E-state index contributed by atoms with van der Waals surface area (Å²) in [6.07, 6.45) is 6.27. The third-order valence-corrected chi connectivity index (χ3v) is 5.03. The van der Waals surface area contributed by atoms with E-state index >= 15 is 0 Å². The van der Waals surface area contributed by atoms with Gasteiger partial charge in [-0.2, -0.15) is 0 Å². The highest BCUT2D eigenvalue weighted by molar-refractivity contribution is 5.78. The molecule has 1 aromatic carbocycles. The molecular weight excluding hydrogens is 328 g/mol. The molecule has 2 aromatic rings. The number of rotatable bonds is 4. The molecule has 3 atom stereocenters. The number of nitrogens with zero attached hydrogens (tertiary/aromatic N) is 4. The standard InChI is InChI=1S/C20H22N4O2/c1-4-26-20(25)19(15-8-6-5-7-9-15)23-13(2)12-17-16(23)10-11-18-22-21-14(3)24(17)18/h5-12,16-17,19H,4H2,1-3H3. The first kappa shape index (κ1) is 16.6. The number of hydrogen-bond donors (Lipinski definition) is 0. The largest absolute Gasteiger partial charge is 0.464 e. The maximum atomic E-state index is 12.9. The van der Waals surface area contributed by atoms with Crippen LogP contribution in [0.4, 0.5) is 0 Å². The maximum Gasteiger partial charge on any atom is 0.333 e. The monoisotopic (exact) mass is 350 g/mol. The van der Waals surface area contributed by atoms with Crippen molar-refractivity contribution in [3.8, 4) is 0 Å². The molecule has 2 aliphatic heterocycles. The molecule has 1 aromatic heterocycles. The van der Waals surface area contributed by atoms with Crippen molar-refractivity contribution in [2.75, 3.05) is 6.61 Å². The molecule has 0 aliphatic carbocycles. The smallest absolute Gasteiger partial charge is 0.333 e. The molecule has 0 N–H and O–H groups in total. The van der Waals surface area contributed by atoms with Crippen molar-refractivity contribution in [3.63, 3.8) is 0 Å². The lowest BCUT2D eigenvalue weighted by molar-refractivity contribution is -0.149. The zero-order chi connectivity index (χ0) is 18.3. The zero-order valence-electron chi connectivity index (χ0n) is 15.2. The number of fused-ring (bicyclic) bond motifs is 3. The number of carbonyl (C=O) groups is 1. The van der Waals surface area contributed by atoms with Crippen molar-refractivity contribution in [2.45, 2.75) is 38.9 Å². The van der Waals surface area contributed by atoms with Crippen LogP contribution in [0.25, 0.3) is 6.08 Å².